The third-order valence-electron chi connectivity index (χ3n) is 4.19. The number of hydrogen-bond donors (Lipinski definition) is 2. The van der Waals surface area contributed by atoms with Gasteiger partial charge in [-0.1, -0.05) is 44.5 Å². The summed E-state index contributed by atoms with van der Waals surface area (Å²) in [6.45, 7) is 20.6. The molecule has 0 aromatic heterocycles. The molecule has 0 saturated carbocycles. The van der Waals surface area contributed by atoms with Crippen molar-refractivity contribution >= 4 is 33.8 Å². The molecule has 12 nitrogen and oxygen atoms in total. The van der Waals surface area contributed by atoms with E-state index in [4.69, 9.17) is 14.6 Å². The lowest BCUT2D eigenvalue weighted by molar-refractivity contribution is -0.140. The highest BCUT2D eigenvalue weighted by Crippen LogP contribution is 2.14. The SMILES string of the molecule is C=C(C)C(=O)NS(=O)(=O)c1ccccc1C.C=C(C)C(=O)OC.C=C(C)C(=O)OCC1CO1.C=CC(=O)OCCO. The van der Waals surface area contributed by atoms with E-state index in [0.717, 1.165) is 6.08 Å². The minimum absolute atomic E-state index is 0.0465. The van der Waals surface area contributed by atoms with Crippen LogP contribution in [0.3, 0.4) is 0 Å². The highest BCUT2D eigenvalue weighted by molar-refractivity contribution is 7.90. The molecular formula is C28H39NO11S. The number of epoxide rings is 1. The van der Waals surface area contributed by atoms with Crippen LogP contribution in [0.4, 0.5) is 0 Å². The van der Waals surface area contributed by atoms with Crippen molar-refractivity contribution in [3.8, 4) is 0 Å². The van der Waals surface area contributed by atoms with Crippen LogP contribution in [0.1, 0.15) is 26.3 Å². The number of ether oxygens (including phenoxy) is 4. The first-order valence-corrected chi connectivity index (χ1v) is 13.4. The second-order valence-electron chi connectivity index (χ2n) is 8.18. The molecule has 1 fully saturated rings. The van der Waals surface area contributed by atoms with Gasteiger partial charge >= 0.3 is 17.9 Å². The van der Waals surface area contributed by atoms with Crippen LogP contribution in [0.15, 0.2) is 78.3 Å². The molecule has 0 aliphatic carbocycles. The number of aliphatic hydroxyl groups is 1. The van der Waals surface area contributed by atoms with Crippen LogP contribution in [-0.2, 0) is 48.1 Å². The number of aryl methyl sites for hydroxylation is 1. The van der Waals surface area contributed by atoms with E-state index in [9.17, 15) is 27.6 Å². The summed E-state index contributed by atoms with van der Waals surface area (Å²) in [7, 11) is -2.47. The second kappa shape index (κ2) is 20.8. The molecule has 1 saturated heterocycles. The Morgan fingerprint density at radius 2 is 1.56 bits per heavy atom. The Morgan fingerprint density at radius 3 is 1.93 bits per heavy atom. The maximum absolute atomic E-state index is 11.8. The summed E-state index contributed by atoms with van der Waals surface area (Å²) in [5.41, 5.74) is 1.60. The maximum Gasteiger partial charge on any atom is 0.333 e. The Hall–Kier alpha value is -4.07. The molecule has 2 rings (SSSR count). The quantitative estimate of drug-likeness (QED) is 0.175. The van der Waals surface area contributed by atoms with Gasteiger partial charge in [0.05, 0.1) is 25.2 Å². The highest BCUT2D eigenvalue weighted by atomic mass is 32.2. The number of methoxy groups -OCH3 is 1. The molecule has 1 unspecified atom stereocenters. The van der Waals surface area contributed by atoms with Crippen molar-refractivity contribution in [1.29, 1.82) is 0 Å². The van der Waals surface area contributed by atoms with Crippen LogP contribution in [-0.4, -0.2) is 77.0 Å². The molecule has 13 heteroatoms. The van der Waals surface area contributed by atoms with Crippen molar-refractivity contribution < 1.29 is 51.6 Å². The predicted octanol–water partition coefficient (Wildman–Crippen LogP) is 2.32. The molecule has 0 bridgehead atoms. The number of amides is 1. The van der Waals surface area contributed by atoms with Gasteiger partial charge in [-0.25, -0.2) is 27.5 Å². The minimum atomic E-state index is -3.80. The van der Waals surface area contributed by atoms with Gasteiger partial charge in [-0.2, -0.15) is 0 Å². The van der Waals surface area contributed by atoms with Crippen molar-refractivity contribution in [3.63, 3.8) is 0 Å². The lowest BCUT2D eigenvalue weighted by atomic mass is 10.2. The molecule has 1 amide bonds. The van der Waals surface area contributed by atoms with E-state index in [1.807, 2.05) is 4.72 Å². The number of benzene rings is 1. The van der Waals surface area contributed by atoms with Gasteiger partial charge in [-0.3, -0.25) is 4.79 Å². The molecule has 0 spiro atoms. The standard InChI is InChI=1S/C11H13NO3S.C7H10O3.C5H8O3.C5H8O2/c1-8(2)11(13)12-16(14,15)10-7-5-4-6-9(10)3;1-5(2)7(8)10-4-6-3-9-6;1-2-5(7)8-4-3-6;1-4(2)5(6)7-3/h4-7H,1H2,2-3H3,(H,12,13);6H,1,3-4H2,2H3;2,6H,1,3-4H2;1H2,2-3H3. The predicted molar refractivity (Wildman–Crippen MR) is 152 cm³/mol. The lowest BCUT2D eigenvalue weighted by Crippen LogP contribution is -2.31. The molecule has 228 valence electrons. The largest absolute Gasteiger partial charge is 0.466 e. The van der Waals surface area contributed by atoms with E-state index < -0.39 is 21.9 Å². The first kappa shape index (κ1) is 39.1. The molecule has 1 aliphatic heterocycles. The van der Waals surface area contributed by atoms with Gasteiger partial charge in [0.2, 0.25) is 0 Å². The maximum atomic E-state index is 11.8. The molecule has 41 heavy (non-hydrogen) atoms. The number of esters is 3. The first-order chi connectivity index (χ1) is 19.0. The van der Waals surface area contributed by atoms with Crippen LogP contribution >= 0.6 is 0 Å². The zero-order valence-corrected chi connectivity index (χ0v) is 24.9. The topological polar surface area (TPSA) is 175 Å². The normalized spacial score (nSPS) is 12.5. The van der Waals surface area contributed by atoms with Crippen molar-refractivity contribution in [2.45, 2.75) is 38.7 Å². The van der Waals surface area contributed by atoms with E-state index in [1.165, 1.54) is 20.1 Å². The molecule has 1 aromatic rings. The zero-order valence-electron chi connectivity index (χ0n) is 24.1. The number of hydrogen-bond acceptors (Lipinski definition) is 11. The number of aliphatic hydroxyl groups excluding tert-OH is 1. The van der Waals surface area contributed by atoms with E-state index in [2.05, 4.69) is 35.8 Å². The van der Waals surface area contributed by atoms with E-state index >= 15 is 0 Å². The van der Waals surface area contributed by atoms with Crippen LogP contribution in [0.5, 0.6) is 0 Å². The van der Waals surface area contributed by atoms with E-state index in [-0.39, 0.29) is 41.7 Å². The molecule has 1 aromatic carbocycles. The number of rotatable bonds is 10. The number of nitrogens with one attached hydrogen (secondary N) is 1. The molecule has 0 radical (unpaired) electrons. The fourth-order valence-corrected chi connectivity index (χ4v) is 3.24. The molecule has 1 aliphatic rings. The minimum Gasteiger partial charge on any atom is -0.466 e. The third kappa shape index (κ3) is 19.6. The molecule has 1 atom stereocenters. The fraction of sp³-hybridized carbons (Fsp3) is 0.357. The summed E-state index contributed by atoms with van der Waals surface area (Å²) in [4.78, 5) is 42.4. The third-order valence-corrected chi connectivity index (χ3v) is 5.68. The summed E-state index contributed by atoms with van der Waals surface area (Å²) < 4.78 is 43.7. The number of carbonyl (C=O) groups is 4. The Kier molecular flexibility index (Phi) is 19.8. The van der Waals surface area contributed by atoms with Gasteiger partial charge in [0.25, 0.3) is 15.9 Å². The number of carbonyl (C=O) groups excluding carboxylic acids is 4. The summed E-state index contributed by atoms with van der Waals surface area (Å²) in [5, 5.41) is 8.10. The van der Waals surface area contributed by atoms with Crippen LogP contribution in [0.25, 0.3) is 0 Å². The van der Waals surface area contributed by atoms with Crippen molar-refractivity contribution in [2.24, 2.45) is 0 Å². The molecule has 2 N–H and O–H groups in total. The Morgan fingerprint density at radius 1 is 1.02 bits per heavy atom. The summed E-state index contributed by atoms with van der Waals surface area (Å²) in [5.74, 6) is -1.88. The Bertz CT molecular complexity index is 1200. The van der Waals surface area contributed by atoms with Crippen LogP contribution < -0.4 is 4.72 Å². The smallest absolute Gasteiger partial charge is 0.333 e. The summed E-state index contributed by atoms with van der Waals surface area (Å²) in [6.07, 6.45) is 1.19. The fourth-order valence-electron chi connectivity index (χ4n) is 1.96. The van der Waals surface area contributed by atoms with Gasteiger partial charge in [-0.05, 0) is 39.3 Å². The van der Waals surface area contributed by atoms with Gasteiger partial charge in [0.1, 0.15) is 19.3 Å². The molecule has 1 heterocycles. The number of sulfonamides is 1. The van der Waals surface area contributed by atoms with Gasteiger partial charge in [0, 0.05) is 22.8 Å². The zero-order chi connectivity index (χ0) is 32.2. The average molecular weight is 598 g/mol. The van der Waals surface area contributed by atoms with E-state index in [1.54, 1.807) is 39.0 Å². The Labute approximate surface area is 241 Å². The van der Waals surface area contributed by atoms with E-state index in [0.29, 0.717) is 29.9 Å². The van der Waals surface area contributed by atoms with Gasteiger partial charge < -0.3 is 24.1 Å². The first-order valence-electron chi connectivity index (χ1n) is 11.9. The monoisotopic (exact) mass is 597 g/mol. The van der Waals surface area contributed by atoms with Gasteiger partial charge in [0.15, 0.2) is 0 Å². The lowest BCUT2D eigenvalue weighted by Gasteiger charge is -2.08. The summed E-state index contributed by atoms with van der Waals surface area (Å²) in [6, 6.07) is 6.45. The second-order valence-corrected chi connectivity index (χ2v) is 9.83. The Balaban J connectivity index is 0. The summed E-state index contributed by atoms with van der Waals surface area (Å²) >= 11 is 0. The highest BCUT2D eigenvalue weighted by Gasteiger charge is 2.24. The average Bonchev–Trinajstić information content (AvgIpc) is 3.75. The van der Waals surface area contributed by atoms with Crippen LogP contribution in [0.2, 0.25) is 0 Å². The van der Waals surface area contributed by atoms with Crippen molar-refractivity contribution in [2.75, 3.05) is 33.5 Å². The van der Waals surface area contributed by atoms with Crippen molar-refractivity contribution in [1.82, 2.24) is 4.72 Å². The van der Waals surface area contributed by atoms with Crippen LogP contribution in [0, 0.1) is 6.92 Å². The van der Waals surface area contributed by atoms with Gasteiger partial charge in [-0.15, -0.1) is 0 Å². The molecular weight excluding hydrogens is 558 g/mol. The van der Waals surface area contributed by atoms with Crippen molar-refractivity contribution in [3.05, 3.63) is 78.9 Å².